The molecule has 1 atom stereocenters. The van der Waals surface area contributed by atoms with Gasteiger partial charge < -0.3 is 10.2 Å². The van der Waals surface area contributed by atoms with Crippen molar-refractivity contribution in [3.8, 4) is 0 Å². The van der Waals surface area contributed by atoms with Gasteiger partial charge in [-0.15, -0.1) is 0 Å². The van der Waals surface area contributed by atoms with Crippen LogP contribution in [0.25, 0.3) is 0 Å². The molecule has 3 aromatic carbocycles. The lowest BCUT2D eigenvalue weighted by molar-refractivity contribution is -0.140. The number of rotatable bonds is 13. The molecular formula is C30H35ClFN3O4S. The number of hydrogen-bond acceptors (Lipinski definition) is 4. The van der Waals surface area contributed by atoms with Crippen LogP contribution < -0.4 is 9.62 Å². The Bertz CT molecular complexity index is 1420. The van der Waals surface area contributed by atoms with Gasteiger partial charge in [-0.1, -0.05) is 79.5 Å². The fourth-order valence-electron chi connectivity index (χ4n) is 4.29. The van der Waals surface area contributed by atoms with Gasteiger partial charge in [-0.25, -0.2) is 12.8 Å². The Kier molecular flexibility index (Phi) is 11.1. The number of halogens is 2. The van der Waals surface area contributed by atoms with E-state index < -0.39 is 34.3 Å². The molecule has 0 spiro atoms. The Balaban J connectivity index is 2.05. The number of aryl methyl sites for hydroxylation is 1. The number of anilines is 1. The van der Waals surface area contributed by atoms with E-state index in [9.17, 15) is 22.4 Å². The first kappa shape index (κ1) is 31.1. The molecule has 0 fully saturated rings. The third-order valence-corrected chi connectivity index (χ3v) is 8.00. The van der Waals surface area contributed by atoms with Crippen LogP contribution in [0.3, 0.4) is 0 Å². The van der Waals surface area contributed by atoms with E-state index in [1.165, 1.54) is 11.0 Å². The van der Waals surface area contributed by atoms with Gasteiger partial charge in [0, 0.05) is 19.5 Å². The summed E-state index contributed by atoms with van der Waals surface area (Å²) >= 11 is 5.93. The number of amides is 2. The zero-order chi connectivity index (χ0) is 29.3. The average molecular weight is 588 g/mol. The van der Waals surface area contributed by atoms with Crippen molar-refractivity contribution < 1.29 is 22.4 Å². The monoisotopic (exact) mass is 587 g/mol. The third kappa shape index (κ3) is 8.53. The maximum absolute atomic E-state index is 14.0. The SMILES string of the molecule is CCCCNC(=O)C(Cc1ccccc1)N(Cc1ccccc1C)C(=O)CN(c1ccc(F)c(Cl)c1)S(C)(=O)=O. The summed E-state index contributed by atoms with van der Waals surface area (Å²) in [6.45, 7) is 3.88. The normalized spacial score (nSPS) is 12.0. The Morgan fingerprint density at radius 1 is 1.02 bits per heavy atom. The number of sulfonamides is 1. The highest BCUT2D eigenvalue weighted by Gasteiger charge is 2.33. The van der Waals surface area contributed by atoms with Crippen molar-refractivity contribution in [1.29, 1.82) is 0 Å². The van der Waals surface area contributed by atoms with Gasteiger partial charge in [-0.05, 0) is 48.2 Å². The minimum absolute atomic E-state index is 0.0464. The lowest BCUT2D eigenvalue weighted by Gasteiger charge is -2.34. The average Bonchev–Trinajstić information content (AvgIpc) is 2.91. The van der Waals surface area contributed by atoms with Crippen LogP contribution in [-0.4, -0.2) is 50.5 Å². The molecule has 2 amide bonds. The second-order valence-corrected chi connectivity index (χ2v) is 12.0. The molecule has 40 heavy (non-hydrogen) atoms. The summed E-state index contributed by atoms with van der Waals surface area (Å²) in [6.07, 6.45) is 2.86. The van der Waals surface area contributed by atoms with E-state index in [0.29, 0.717) is 6.54 Å². The molecule has 0 aromatic heterocycles. The Labute approximate surface area is 241 Å². The van der Waals surface area contributed by atoms with Crippen molar-refractivity contribution in [3.05, 3.63) is 100 Å². The molecular weight excluding hydrogens is 553 g/mol. The number of carbonyl (C=O) groups is 2. The van der Waals surface area contributed by atoms with Crippen LogP contribution in [0.4, 0.5) is 10.1 Å². The van der Waals surface area contributed by atoms with Crippen LogP contribution in [0.5, 0.6) is 0 Å². The summed E-state index contributed by atoms with van der Waals surface area (Å²) in [5.74, 6) is -1.62. The van der Waals surface area contributed by atoms with Gasteiger partial charge in [0.05, 0.1) is 17.0 Å². The van der Waals surface area contributed by atoms with Gasteiger partial charge in [-0.3, -0.25) is 13.9 Å². The first-order chi connectivity index (χ1) is 19.0. The molecule has 0 saturated carbocycles. The third-order valence-electron chi connectivity index (χ3n) is 6.57. The van der Waals surface area contributed by atoms with Gasteiger partial charge in [0.15, 0.2) is 0 Å². The van der Waals surface area contributed by atoms with E-state index in [2.05, 4.69) is 5.32 Å². The largest absolute Gasteiger partial charge is 0.354 e. The second-order valence-electron chi connectivity index (χ2n) is 9.67. The van der Waals surface area contributed by atoms with E-state index in [4.69, 9.17) is 11.6 Å². The number of benzene rings is 3. The summed E-state index contributed by atoms with van der Waals surface area (Å²) in [7, 11) is -3.98. The van der Waals surface area contributed by atoms with Gasteiger partial charge in [0.2, 0.25) is 21.8 Å². The predicted molar refractivity (Wildman–Crippen MR) is 157 cm³/mol. The van der Waals surface area contributed by atoms with E-state index >= 15 is 0 Å². The molecule has 0 aliphatic carbocycles. The molecule has 7 nitrogen and oxygen atoms in total. The molecule has 0 heterocycles. The molecule has 214 valence electrons. The number of unbranched alkanes of at least 4 members (excludes halogenated alkanes) is 1. The fraction of sp³-hybridized carbons (Fsp3) is 0.333. The number of hydrogen-bond donors (Lipinski definition) is 1. The van der Waals surface area contributed by atoms with E-state index in [1.807, 2.05) is 68.4 Å². The van der Waals surface area contributed by atoms with Crippen LogP contribution >= 0.6 is 11.6 Å². The minimum atomic E-state index is -3.98. The van der Waals surface area contributed by atoms with Crippen molar-refractivity contribution in [2.45, 2.75) is 45.7 Å². The Morgan fingerprint density at radius 3 is 2.33 bits per heavy atom. The van der Waals surface area contributed by atoms with Gasteiger partial charge in [0.25, 0.3) is 0 Å². The Hall–Kier alpha value is -3.43. The first-order valence-electron chi connectivity index (χ1n) is 13.1. The lowest BCUT2D eigenvalue weighted by atomic mass is 10.0. The summed E-state index contributed by atoms with van der Waals surface area (Å²) < 4.78 is 40.3. The highest BCUT2D eigenvalue weighted by Crippen LogP contribution is 2.25. The van der Waals surface area contributed by atoms with Gasteiger partial charge in [-0.2, -0.15) is 0 Å². The van der Waals surface area contributed by atoms with Crippen LogP contribution in [0.1, 0.15) is 36.5 Å². The molecule has 1 N–H and O–H groups in total. The van der Waals surface area contributed by atoms with E-state index in [1.54, 1.807) is 0 Å². The molecule has 3 rings (SSSR count). The topological polar surface area (TPSA) is 86.8 Å². The zero-order valence-electron chi connectivity index (χ0n) is 22.9. The van der Waals surface area contributed by atoms with Crippen molar-refractivity contribution in [3.63, 3.8) is 0 Å². The first-order valence-corrected chi connectivity index (χ1v) is 15.3. The molecule has 0 radical (unpaired) electrons. The van der Waals surface area contributed by atoms with Crippen LogP contribution in [-0.2, 0) is 32.6 Å². The van der Waals surface area contributed by atoms with Crippen molar-refractivity contribution in [1.82, 2.24) is 10.2 Å². The lowest BCUT2D eigenvalue weighted by Crippen LogP contribution is -2.53. The van der Waals surface area contributed by atoms with Gasteiger partial charge >= 0.3 is 0 Å². The maximum Gasteiger partial charge on any atom is 0.244 e. The summed E-state index contributed by atoms with van der Waals surface area (Å²) in [5, 5.41) is 2.67. The summed E-state index contributed by atoms with van der Waals surface area (Å²) in [5.41, 5.74) is 2.65. The highest BCUT2D eigenvalue weighted by atomic mass is 35.5. The summed E-state index contributed by atoms with van der Waals surface area (Å²) in [6, 6.07) is 19.4. The molecule has 0 aliphatic rings. The molecule has 1 unspecified atom stereocenters. The molecule has 10 heteroatoms. The van der Waals surface area contributed by atoms with Gasteiger partial charge in [0.1, 0.15) is 18.4 Å². The smallest absolute Gasteiger partial charge is 0.244 e. The molecule has 0 saturated heterocycles. The number of carbonyl (C=O) groups excluding carboxylic acids is 2. The fourth-order valence-corrected chi connectivity index (χ4v) is 5.30. The van der Waals surface area contributed by atoms with E-state index in [0.717, 1.165) is 52.2 Å². The predicted octanol–water partition coefficient (Wildman–Crippen LogP) is 5.11. The highest BCUT2D eigenvalue weighted by molar-refractivity contribution is 7.92. The molecule has 0 bridgehead atoms. The zero-order valence-corrected chi connectivity index (χ0v) is 24.5. The minimum Gasteiger partial charge on any atom is -0.354 e. The number of nitrogens with zero attached hydrogens (tertiary/aromatic N) is 2. The van der Waals surface area contributed by atoms with E-state index in [-0.39, 0.29) is 29.6 Å². The standard InChI is InChI=1S/C30H35ClFN3O4S/c1-4-5-17-33-30(37)28(18-23-12-7-6-8-13-23)34(20-24-14-10-9-11-22(24)2)29(36)21-35(40(3,38)39)25-15-16-27(32)26(31)19-25/h6-16,19,28H,4-5,17-18,20-21H2,1-3H3,(H,33,37). The molecule has 0 aliphatic heterocycles. The van der Waals surface area contributed by atoms with Crippen LogP contribution in [0, 0.1) is 12.7 Å². The summed E-state index contributed by atoms with van der Waals surface area (Å²) in [4.78, 5) is 29.1. The van der Waals surface area contributed by atoms with Crippen molar-refractivity contribution in [2.75, 3.05) is 23.7 Å². The quantitative estimate of drug-likeness (QED) is 0.282. The van der Waals surface area contributed by atoms with Crippen LogP contribution in [0.2, 0.25) is 5.02 Å². The van der Waals surface area contributed by atoms with Crippen molar-refractivity contribution in [2.24, 2.45) is 0 Å². The van der Waals surface area contributed by atoms with Crippen LogP contribution in [0.15, 0.2) is 72.8 Å². The number of nitrogens with one attached hydrogen (secondary N) is 1. The molecule has 3 aromatic rings. The maximum atomic E-state index is 14.0. The second kappa shape index (κ2) is 14.3. The Morgan fingerprint density at radius 2 is 1.70 bits per heavy atom. The van der Waals surface area contributed by atoms with Crippen molar-refractivity contribution >= 4 is 39.1 Å².